The van der Waals surface area contributed by atoms with E-state index in [0.717, 1.165) is 0 Å². The second-order valence-electron chi connectivity index (χ2n) is 3.12. The Morgan fingerprint density at radius 3 is 2.94 bits per heavy atom. The maximum absolute atomic E-state index is 10.5. The number of carboxylic acids is 1. The van der Waals surface area contributed by atoms with Crippen molar-refractivity contribution in [1.82, 2.24) is 5.32 Å². The molecule has 0 amide bonds. The van der Waals surface area contributed by atoms with E-state index in [4.69, 9.17) is 19.4 Å². The van der Waals surface area contributed by atoms with Crippen molar-refractivity contribution in [3.8, 4) is 0 Å². The lowest BCUT2D eigenvalue weighted by atomic mass is 10.3. The third-order valence-electron chi connectivity index (χ3n) is 1.86. The molecule has 3 N–H and O–H groups in total. The third-order valence-corrected chi connectivity index (χ3v) is 1.86. The number of nitrogens with one attached hydrogen (secondary N) is 1. The first-order valence-corrected chi connectivity index (χ1v) is 4.94. The van der Waals surface area contributed by atoms with Gasteiger partial charge in [-0.25, -0.2) is 4.79 Å². The Balaban J connectivity index is 2.14. The van der Waals surface area contributed by atoms with Gasteiger partial charge in [0.2, 0.25) is 0 Å². The molecule has 0 bridgehead atoms. The second-order valence-corrected chi connectivity index (χ2v) is 3.12. The highest BCUT2D eigenvalue weighted by Crippen LogP contribution is 2.06. The summed E-state index contributed by atoms with van der Waals surface area (Å²) in [5.74, 6) is -0.430. The van der Waals surface area contributed by atoms with Crippen molar-refractivity contribution in [1.29, 1.82) is 0 Å². The van der Waals surface area contributed by atoms with Gasteiger partial charge in [0.05, 0.1) is 31.9 Å². The van der Waals surface area contributed by atoms with Crippen molar-refractivity contribution in [3.05, 3.63) is 23.7 Å². The number of rotatable bonds is 8. The maximum Gasteiger partial charge on any atom is 0.338 e. The number of carboxylic acid groups (broad SMARTS) is 1. The molecule has 0 aliphatic heterocycles. The number of aromatic carboxylic acids is 1. The summed E-state index contributed by atoms with van der Waals surface area (Å²) in [4.78, 5) is 10.5. The Morgan fingerprint density at radius 2 is 2.31 bits per heavy atom. The van der Waals surface area contributed by atoms with E-state index in [2.05, 4.69) is 5.32 Å². The summed E-state index contributed by atoms with van der Waals surface area (Å²) in [6.07, 6.45) is 1.21. The van der Waals surface area contributed by atoms with Crippen molar-refractivity contribution in [2.45, 2.75) is 6.54 Å². The average Bonchev–Trinajstić information content (AvgIpc) is 2.72. The lowest BCUT2D eigenvalue weighted by molar-refractivity contribution is 0.0696. The summed E-state index contributed by atoms with van der Waals surface area (Å²) in [6, 6.07) is 1.48. The summed E-state index contributed by atoms with van der Waals surface area (Å²) >= 11 is 0. The first kappa shape index (κ1) is 12.7. The van der Waals surface area contributed by atoms with E-state index < -0.39 is 5.97 Å². The molecule has 0 radical (unpaired) electrons. The van der Waals surface area contributed by atoms with Crippen LogP contribution in [0, 0.1) is 0 Å². The molecule has 6 heteroatoms. The van der Waals surface area contributed by atoms with Gasteiger partial charge < -0.3 is 24.7 Å². The van der Waals surface area contributed by atoms with E-state index >= 15 is 0 Å². The summed E-state index contributed by atoms with van der Waals surface area (Å²) in [5.41, 5.74) is 0.147. The van der Waals surface area contributed by atoms with Crippen molar-refractivity contribution in [3.63, 3.8) is 0 Å². The molecule has 16 heavy (non-hydrogen) atoms. The van der Waals surface area contributed by atoms with Gasteiger partial charge in [-0.1, -0.05) is 0 Å². The second kappa shape index (κ2) is 7.00. The number of ether oxygens (including phenoxy) is 1. The Kier molecular flexibility index (Phi) is 5.55. The molecule has 0 saturated heterocycles. The van der Waals surface area contributed by atoms with Gasteiger partial charge in [0.1, 0.15) is 12.0 Å². The van der Waals surface area contributed by atoms with Crippen molar-refractivity contribution >= 4 is 5.97 Å². The minimum Gasteiger partial charge on any atom is -0.478 e. The van der Waals surface area contributed by atoms with Crippen LogP contribution in [0.5, 0.6) is 0 Å². The SMILES string of the molecule is O=C(O)c1coc(CNCCOCCO)c1. The molecular formula is C10H15NO5. The standard InChI is InChI=1S/C10H15NO5/c12-2-4-15-3-1-11-6-9-5-8(7-16-9)10(13)14/h5,7,11-12H,1-4,6H2,(H,13,14). The number of hydrogen-bond donors (Lipinski definition) is 3. The predicted molar refractivity (Wildman–Crippen MR) is 55.3 cm³/mol. The van der Waals surface area contributed by atoms with Gasteiger partial charge in [0.25, 0.3) is 0 Å². The molecule has 1 rings (SSSR count). The normalized spacial score (nSPS) is 10.6. The highest BCUT2D eigenvalue weighted by atomic mass is 16.5. The van der Waals surface area contributed by atoms with Crippen LogP contribution in [0.15, 0.2) is 16.7 Å². The van der Waals surface area contributed by atoms with Gasteiger partial charge in [-0.2, -0.15) is 0 Å². The lowest BCUT2D eigenvalue weighted by Crippen LogP contribution is -2.19. The number of carbonyl (C=O) groups is 1. The first-order chi connectivity index (χ1) is 7.74. The molecule has 0 fully saturated rings. The number of furan rings is 1. The maximum atomic E-state index is 10.5. The minimum atomic E-state index is -0.999. The van der Waals surface area contributed by atoms with Gasteiger partial charge in [-0.15, -0.1) is 0 Å². The molecule has 0 atom stereocenters. The van der Waals surface area contributed by atoms with Crippen LogP contribution in [0.4, 0.5) is 0 Å². The molecule has 0 aliphatic carbocycles. The summed E-state index contributed by atoms with van der Waals surface area (Å²) in [7, 11) is 0. The Hall–Kier alpha value is -1.37. The van der Waals surface area contributed by atoms with E-state index in [1.54, 1.807) is 0 Å². The van der Waals surface area contributed by atoms with E-state index in [1.165, 1.54) is 12.3 Å². The Labute approximate surface area is 92.8 Å². The molecule has 6 nitrogen and oxygen atoms in total. The number of aliphatic hydroxyl groups is 1. The largest absolute Gasteiger partial charge is 0.478 e. The number of aliphatic hydroxyl groups excluding tert-OH is 1. The molecule has 90 valence electrons. The van der Waals surface area contributed by atoms with Gasteiger partial charge in [0.15, 0.2) is 0 Å². The van der Waals surface area contributed by atoms with Crippen LogP contribution in [-0.2, 0) is 11.3 Å². The van der Waals surface area contributed by atoms with E-state index in [-0.39, 0.29) is 12.2 Å². The van der Waals surface area contributed by atoms with Gasteiger partial charge in [0, 0.05) is 6.54 Å². The monoisotopic (exact) mass is 229 g/mol. The molecule has 1 heterocycles. The van der Waals surface area contributed by atoms with Crippen LogP contribution in [0.1, 0.15) is 16.1 Å². The minimum absolute atomic E-state index is 0.0140. The van der Waals surface area contributed by atoms with Gasteiger partial charge in [-0.3, -0.25) is 0 Å². The van der Waals surface area contributed by atoms with Crippen LogP contribution >= 0.6 is 0 Å². The van der Waals surface area contributed by atoms with Crippen LogP contribution in [0.2, 0.25) is 0 Å². The van der Waals surface area contributed by atoms with Crippen LogP contribution < -0.4 is 5.32 Å². The van der Waals surface area contributed by atoms with Crippen LogP contribution in [0.3, 0.4) is 0 Å². The fraction of sp³-hybridized carbons (Fsp3) is 0.500. The summed E-state index contributed by atoms with van der Waals surface area (Å²) < 4.78 is 10.1. The average molecular weight is 229 g/mol. The van der Waals surface area contributed by atoms with Crippen molar-refractivity contribution < 1.29 is 24.2 Å². The zero-order valence-corrected chi connectivity index (χ0v) is 8.81. The topological polar surface area (TPSA) is 91.9 Å². The molecule has 1 aromatic rings. The van der Waals surface area contributed by atoms with Crippen molar-refractivity contribution in [2.24, 2.45) is 0 Å². The quantitative estimate of drug-likeness (QED) is 0.547. The predicted octanol–water partition coefficient (Wildman–Crippen LogP) is 0.0763. The van der Waals surface area contributed by atoms with Gasteiger partial charge >= 0.3 is 5.97 Å². The molecule has 0 aliphatic rings. The van der Waals surface area contributed by atoms with Gasteiger partial charge in [-0.05, 0) is 6.07 Å². The summed E-state index contributed by atoms with van der Waals surface area (Å²) in [6.45, 7) is 1.90. The molecule has 0 spiro atoms. The number of hydrogen-bond acceptors (Lipinski definition) is 5. The van der Waals surface area contributed by atoms with Crippen LogP contribution in [0.25, 0.3) is 0 Å². The Bertz CT molecular complexity index is 323. The fourth-order valence-corrected chi connectivity index (χ4v) is 1.11. The highest BCUT2D eigenvalue weighted by Gasteiger charge is 2.07. The zero-order valence-electron chi connectivity index (χ0n) is 8.81. The lowest BCUT2D eigenvalue weighted by Gasteiger charge is -2.02. The first-order valence-electron chi connectivity index (χ1n) is 4.94. The highest BCUT2D eigenvalue weighted by molar-refractivity contribution is 5.87. The Morgan fingerprint density at radius 1 is 1.50 bits per heavy atom. The smallest absolute Gasteiger partial charge is 0.338 e. The fourth-order valence-electron chi connectivity index (χ4n) is 1.11. The summed E-state index contributed by atoms with van der Waals surface area (Å²) in [5, 5.41) is 20.1. The molecule has 0 saturated carbocycles. The van der Waals surface area contributed by atoms with Crippen LogP contribution in [-0.4, -0.2) is 42.5 Å². The van der Waals surface area contributed by atoms with E-state index in [1.807, 2.05) is 0 Å². The molecule has 0 aromatic carbocycles. The molecule has 0 unspecified atom stereocenters. The zero-order chi connectivity index (χ0) is 11.8. The molecule has 1 aromatic heterocycles. The molecular weight excluding hydrogens is 214 g/mol. The van der Waals surface area contributed by atoms with Crippen molar-refractivity contribution in [2.75, 3.05) is 26.4 Å². The van der Waals surface area contributed by atoms with E-state index in [9.17, 15) is 4.79 Å². The van der Waals surface area contributed by atoms with E-state index in [0.29, 0.717) is 32.1 Å². The third kappa shape index (κ3) is 4.43.